The van der Waals surface area contributed by atoms with Gasteiger partial charge in [0, 0.05) is 31.6 Å². The SMILES string of the molecule is O=c1[nH]c2ccc(S(=O)(=O)N3CCN(c4ncnc5ccc(F)cc45)CC3)cc2[nH]1. The highest BCUT2D eigenvalue weighted by atomic mass is 32.2. The number of H-pyrrole nitrogens is 2. The molecule has 0 saturated carbocycles. The monoisotopic (exact) mass is 428 g/mol. The maximum atomic E-state index is 13.7. The fourth-order valence-corrected chi connectivity index (χ4v) is 5.18. The Hall–Kier alpha value is -3.31. The first-order chi connectivity index (χ1) is 14.4. The second-order valence-corrected chi connectivity index (χ2v) is 8.97. The van der Waals surface area contributed by atoms with Crippen LogP contribution in [-0.4, -0.2) is 58.8 Å². The summed E-state index contributed by atoms with van der Waals surface area (Å²) in [5, 5.41) is 0.593. The van der Waals surface area contributed by atoms with Crippen molar-refractivity contribution in [3.8, 4) is 0 Å². The second-order valence-electron chi connectivity index (χ2n) is 7.04. The number of rotatable bonds is 3. The van der Waals surface area contributed by atoms with E-state index in [1.807, 2.05) is 4.90 Å². The minimum atomic E-state index is -3.72. The maximum Gasteiger partial charge on any atom is 0.323 e. The van der Waals surface area contributed by atoms with Crippen LogP contribution in [0.15, 0.2) is 52.4 Å². The first-order valence-electron chi connectivity index (χ1n) is 9.29. The highest BCUT2D eigenvalue weighted by molar-refractivity contribution is 7.89. The van der Waals surface area contributed by atoms with Gasteiger partial charge >= 0.3 is 5.69 Å². The summed E-state index contributed by atoms with van der Waals surface area (Å²) < 4.78 is 41.3. The van der Waals surface area contributed by atoms with Crippen LogP contribution < -0.4 is 10.6 Å². The molecule has 1 fully saturated rings. The van der Waals surface area contributed by atoms with Gasteiger partial charge in [-0.25, -0.2) is 27.6 Å². The van der Waals surface area contributed by atoms with Crippen molar-refractivity contribution in [3.05, 3.63) is 59.0 Å². The van der Waals surface area contributed by atoms with Crippen molar-refractivity contribution in [2.75, 3.05) is 31.1 Å². The zero-order chi connectivity index (χ0) is 20.9. The second kappa shape index (κ2) is 6.89. The minimum Gasteiger partial charge on any atom is -0.353 e. The molecule has 1 aliphatic heterocycles. The third kappa shape index (κ3) is 3.12. The zero-order valence-electron chi connectivity index (χ0n) is 15.7. The van der Waals surface area contributed by atoms with E-state index in [9.17, 15) is 17.6 Å². The molecule has 30 heavy (non-hydrogen) atoms. The van der Waals surface area contributed by atoms with Crippen molar-refractivity contribution in [1.29, 1.82) is 0 Å². The van der Waals surface area contributed by atoms with Crippen LogP contribution in [0.4, 0.5) is 10.2 Å². The molecule has 3 heterocycles. The summed E-state index contributed by atoms with van der Waals surface area (Å²) in [5.41, 5.74) is 1.23. The molecule has 4 aromatic rings. The molecule has 0 atom stereocenters. The van der Waals surface area contributed by atoms with Crippen LogP contribution in [0.3, 0.4) is 0 Å². The van der Waals surface area contributed by atoms with Gasteiger partial charge in [0.25, 0.3) is 0 Å². The molecule has 0 spiro atoms. The highest BCUT2D eigenvalue weighted by Gasteiger charge is 2.29. The van der Waals surface area contributed by atoms with Crippen molar-refractivity contribution in [3.63, 3.8) is 0 Å². The molecular weight excluding hydrogens is 411 g/mol. The average molecular weight is 428 g/mol. The molecule has 2 N–H and O–H groups in total. The van der Waals surface area contributed by atoms with Gasteiger partial charge in [0.2, 0.25) is 10.0 Å². The number of halogens is 1. The van der Waals surface area contributed by atoms with E-state index in [0.29, 0.717) is 40.8 Å². The molecule has 5 rings (SSSR count). The number of imidazole rings is 1. The lowest BCUT2D eigenvalue weighted by Crippen LogP contribution is -2.49. The number of fused-ring (bicyclic) bond motifs is 2. The summed E-state index contributed by atoms with van der Waals surface area (Å²) in [7, 11) is -3.72. The Morgan fingerprint density at radius 1 is 0.933 bits per heavy atom. The number of nitrogens with zero attached hydrogens (tertiary/aromatic N) is 4. The van der Waals surface area contributed by atoms with E-state index in [0.717, 1.165) is 0 Å². The molecule has 0 unspecified atom stereocenters. The van der Waals surface area contributed by atoms with Crippen molar-refractivity contribution in [2.45, 2.75) is 4.90 Å². The largest absolute Gasteiger partial charge is 0.353 e. The van der Waals surface area contributed by atoms with Crippen LogP contribution >= 0.6 is 0 Å². The summed E-state index contributed by atoms with van der Waals surface area (Å²) in [4.78, 5) is 27.1. The van der Waals surface area contributed by atoms with Crippen LogP contribution in [0.25, 0.3) is 21.9 Å². The summed E-state index contributed by atoms with van der Waals surface area (Å²) in [5.74, 6) is 0.209. The van der Waals surface area contributed by atoms with Crippen LogP contribution in [-0.2, 0) is 10.0 Å². The molecule has 1 aliphatic rings. The summed E-state index contributed by atoms with van der Waals surface area (Å²) in [6.07, 6.45) is 1.42. The average Bonchev–Trinajstić information content (AvgIpc) is 3.12. The van der Waals surface area contributed by atoms with Gasteiger partial charge in [0.1, 0.15) is 18.0 Å². The normalized spacial score (nSPS) is 15.8. The van der Waals surface area contributed by atoms with Gasteiger partial charge in [0.05, 0.1) is 21.4 Å². The Labute approximate surface area is 170 Å². The molecule has 2 aromatic carbocycles. The lowest BCUT2D eigenvalue weighted by atomic mass is 10.2. The van der Waals surface area contributed by atoms with Gasteiger partial charge < -0.3 is 14.9 Å². The lowest BCUT2D eigenvalue weighted by molar-refractivity contribution is 0.384. The fraction of sp³-hybridized carbons (Fsp3) is 0.211. The molecule has 0 radical (unpaired) electrons. The summed E-state index contributed by atoms with van der Waals surface area (Å²) >= 11 is 0. The molecular formula is C19H17FN6O3S. The van der Waals surface area contributed by atoms with Crippen LogP contribution in [0.5, 0.6) is 0 Å². The predicted molar refractivity (Wildman–Crippen MR) is 109 cm³/mol. The Morgan fingerprint density at radius 3 is 2.50 bits per heavy atom. The maximum absolute atomic E-state index is 13.7. The van der Waals surface area contributed by atoms with E-state index in [-0.39, 0.29) is 29.5 Å². The molecule has 0 amide bonds. The highest BCUT2D eigenvalue weighted by Crippen LogP contribution is 2.26. The van der Waals surface area contributed by atoms with E-state index in [2.05, 4.69) is 19.9 Å². The Balaban J connectivity index is 1.40. The number of anilines is 1. The number of aromatic nitrogens is 4. The molecule has 2 aromatic heterocycles. The van der Waals surface area contributed by atoms with Gasteiger partial charge in [-0.1, -0.05) is 0 Å². The van der Waals surface area contributed by atoms with E-state index < -0.39 is 10.0 Å². The third-order valence-corrected chi connectivity index (χ3v) is 7.13. The smallest absolute Gasteiger partial charge is 0.323 e. The van der Waals surface area contributed by atoms with Gasteiger partial charge in [-0.15, -0.1) is 0 Å². The van der Waals surface area contributed by atoms with Gasteiger partial charge in [-0.05, 0) is 36.4 Å². The fourth-order valence-electron chi connectivity index (χ4n) is 3.73. The van der Waals surface area contributed by atoms with Crippen molar-refractivity contribution in [1.82, 2.24) is 24.2 Å². The number of hydrogen-bond donors (Lipinski definition) is 2. The quantitative estimate of drug-likeness (QED) is 0.510. The summed E-state index contributed by atoms with van der Waals surface area (Å²) in [6.45, 7) is 1.33. The third-order valence-electron chi connectivity index (χ3n) is 5.24. The Bertz CT molecular complexity index is 1420. The van der Waals surface area contributed by atoms with Crippen molar-refractivity contribution >= 4 is 37.8 Å². The molecule has 154 valence electrons. The standard InChI is InChI=1S/C19H17FN6O3S/c20-12-1-3-15-14(9-12)18(22-11-21-15)25-5-7-26(8-6-25)30(28,29)13-2-4-16-17(10-13)24-19(27)23-16/h1-4,9-11H,5-8H2,(H2,23,24,27). The van der Waals surface area contributed by atoms with Gasteiger partial charge in [0.15, 0.2) is 0 Å². The number of benzene rings is 2. The van der Waals surface area contributed by atoms with Gasteiger partial charge in [-0.2, -0.15) is 4.31 Å². The van der Waals surface area contributed by atoms with Gasteiger partial charge in [-0.3, -0.25) is 0 Å². The predicted octanol–water partition coefficient (Wildman–Crippen LogP) is 1.45. The lowest BCUT2D eigenvalue weighted by Gasteiger charge is -2.35. The minimum absolute atomic E-state index is 0.119. The van der Waals surface area contributed by atoms with Crippen molar-refractivity contribution < 1.29 is 12.8 Å². The zero-order valence-corrected chi connectivity index (χ0v) is 16.5. The summed E-state index contributed by atoms with van der Waals surface area (Å²) in [6, 6.07) is 8.83. The Kier molecular flexibility index (Phi) is 4.29. The van der Waals surface area contributed by atoms with Crippen LogP contribution in [0.1, 0.15) is 0 Å². The first kappa shape index (κ1) is 18.7. The molecule has 9 nitrogen and oxygen atoms in total. The van der Waals surface area contributed by atoms with E-state index >= 15 is 0 Å². The number of hydrogen-bond acceptors (Lipinski definition) is 6. The molecule has 0 bridgehead atoms. The van der Waals surface area contributed by atoms with E-state index in [1.54, 1.807) is 12.1 Å². The first-order valence-corrected chi connectivity index (χ1v) is 10.7. The molecule has 1 saturated heterocycles. The number of aromatic amines is 2. The molecule has 11 heteroatoms. The number of nitrogens with one attached hydrogen (secondary N) is 2. The van der Waals surface area contributed by atoms with Crippen LogP contribution in [0, 0.1) is 5.82 Å². The van der Waals surface area contributed by atoms with E-state index in [1.165, 1.54) is 34.9 Å². The number of piperazine rings is 1. The number of sulfonamides is 1. The van der Waals surface area contributed by atoms with Crippen LogP contribution in [0.2, 0.25) is 0 Å². The molecule has 0 aliphatic carbocycles. The Morgan fingerprint density at radius 2 is 1.70 bits per heavy atom. The van der Waals surface area contributed by atoms with Crippen molar-refractivity contribution in [2.24, 2.45) is 0 Å². The topological polar surface area (TPSA) is 115 Å². The van der Waals surface area contributed by atoms with E-state index in [4.69, 9.17) is 0 Å².